The molecule has 1 aromatic rings. The van der Waals surface area contributed by atoms with Gasteiger partial charge < -0.3 is 20.1 Å². The molecule has 5 heteroatoms. The van der Waals surface area contributed by atoms with Crippen molar-refractivity contribution in [1.82, 2.24) is 9.88 Å². The quantitative estimate of drug-likeness (QED) is 0.898. The first-order valence-electron chi connectivity index (χ1n) is 6.77. The van der Waals surface area contributed by atoms with Gasteiger partial charge >= 0.3 is 0 Å². The van der Waals surface area contributed by atoms with Crippen molar-refractivity contribution in [3.8, 4) is 11.8 Å². The van der Waals surface area contributed by atoms with Crippen molar-refractivity contribution in [1.29, 1.82) is 0 Å². The van der Waals surface area contributed by atoms with Crippen molar-refractivity contribution in [2.24, 2.45) is 0 Å². The van der Waals surface area contributed by atoms with Gasteiger partial charge in [0.25, 0.3) is 0 Å². The largest absolute Gasteiger partial charge is 0.476 e. The van der Waals surface area contributed by atoms with E-state index < -0.39 is 0 Å². The van der Waals surface area contributed by atoms with E-state index in [0.29, 0.717) is 24.1 Å². The third-order valence-corrected chi connectivity index (χ3v) is 3.05. The number of anilines is 1. The Kier molecular flexibility index (Phi) is 4.86. The van der Waals surface area contributed by atoms with E-state index in [1.165, 1.54) is 0 Å². The monoisotopic (exact) mass is 281 g/mol. The van der Waals surface area contributed by atoms with Crippen molar-refractivity contribution in [3.05, 3.63) is 12.1 Å². The van der Waals surface area contributed by atoms with Crippen LogP contribution >= 0.6 is 0 Å². The van der Waals surface area contributed by atoms with Crippen LogP contribution in [0.25, 0.3) is 0 Å². The lowest BCUT2D eigenvalue weighted by molar-refractivity contribution is 0.105. The van der Waals surface area contributed by atoms with Crippen LogP contribution in [-0.2, 0) is 0 Å². The molecule has 1 aromatic heterocycles. The van der Waals surface area contributed by atoms with Crippen molar-refractivity contribution >= 4 is 5.69 Å². The van der Waals surface area contributed by atoms with Gasteiger partial charge in [0.05, 0.1) is 5.69 Å². The minimum atomic E-state index is -0.345. The van der Waals surface area contributed by atoms with Crippen LogP contribution in [0, 0.1) is 0 Å². The second-order valence-corrected chi connectivity index (χ2v) is 6.75. The molecule has 0 radical (unpaired) electrons. The van der Waals surface area contributed by atoms with Crippen LogP contribution in [0.3, 0.4) is 0 Å². The number of ether oxygens (including phenoxy) is 2. The minimum absolute atomic E-state index is 0.0753. The molecule has 0 spiro atoms. The van der Waals surface area contributed by atoms with Gasteiger partial charge in [0.15, 0.2) is 0 Å². The average Bonchev–Trinajstić information content (AvgIpc) is 2.28. The summed E-state index contributed by atoms with van der Waals surface area (Å²) in [6.45, 7) is 10.6. The molecular weight excluding hydrogens is 254 g/mol. The van der Waals surface area contributed by atoms with Gasteiger partial charge in [-0.2, -0.15) is 4.98 Å². The molecule has 0 aliphatic heterocycles. The van der Waals surface area contributed by atoms with E-state index in [4.69, 9.17) is 15.2 Å². The summed E-state index contributed by atoms with van der Waals surface area (Å²) >= 11 is 0. The third-order valence-electron chi connectivity index (χ3n) is 3.05. The number of likely N-dealkylation sites (N-methyl/N-ethyl adjacent to an activating group) is 1. The number of hydrogen-bond donors (Lipinski definition) is 1. The second kappa shape index (κ2) is 5.87. The van der Waals surface area contributed by atoms with Crippen LogP contribution < -0.4 is 15.2 Å². The highest BCUT2D eigenvalue weighted by Crippen LogP contribution is 2.26. The van der Waals surface area contributed by atoms with E-state index in [0.717, 1.165) is 0 Å². The maximum Gasteiger partial charge on any atom is 0.241 e. The van der Waals surface area contributed by atoms with E-state index >= 15 is 0 Å². The lowest BCUT2D eigenvalue weighted by atomic mass is 10.1. The molecule has 0 amide bonds. The van der Waals surface area contributed by atoms with Gasteiger partial charge in [-0.25, -0.2) is 0 Å². The number of nitrogen functional groups attached to an aromatic ring is 1. The minimum Gasteiger partial charge on any atom is -0.476 e. The predicted octanol–water partition coefficient (Wildman–Crippen LogP) is 2.56. The summed E-state index contributed by atoms with van der Waals surface area (Å²) in [7, 11) is 4.04. The summed E-state index contributed by atoms with van der Waals surface area (Å²) < 4.78 is 11.5. The van der Waals surface area contributed by atoms with E-state index in [-0.39, 0.29) is 11.1 Å². The fourth-order valence-corrected chi connectivity index (χ4v) is 1.27. The molecule has 0 aliphatic carbocycles. The summed E-state index contributed by atoms with van der Waals surface area (Å²) in [4.78, 5) is 6.44. The molecule has 0 fully saturated rings. The van der Waals surface area contributed by atoms with E-state index in [1.807, 2.05) is 34.9 Å². The van der Waals surface area contributed by atoms with Crippen molar-refractivity contribution in [3.63, 3.8) is 0 Å². The maximum atomic E-state index is 5.88. The molecule has 0 unspecified atom stereocenters. The number of nitrogens with two attached hydrogens (primary N) is 1. The van der Waals surface area contributed by atoms with Crippen LogP contribution in [0.1, 0.15) is 34.6 Å². The Balaban J connectivity index is 2.80. The SMILES string of the molecule is CN(C)C(C)(C)COc1ccc(N)c(OC(C)(C)C)n1. The zero-order valence-corrected chi connectivity index (χ0v) is 13.7. The Morgan fingerprint density at radius 3 is 2.25 bits per heavy atom. The molecule has 0 saturated carbocycles. The van der Waals surface area contributed by atoms with Gasteiger partial charge in [-0.15, -0.1) is 0 Å². The van der Waals surface area contributed by atoms with E-state index in [2.05, 4.69) is 23.7 Å². The average molecular weight is 281 g/mol. The van der Waals surface area contributed by atoms with Crippen LogP contribution in [0.4, 0.5) is 5.69 Å². The maximum absolute atomic E-state index is 5.88. The molecule has 5 nitrogen and oxygen atoms in total. The number of nitrogens with zero attached hydrogens (tertiary/aromatic N) is 2. The van der Waals surface area contributed by atoms with Gasteiger partial charge in [-0.1, -0.05) is 0 Å². The Labute approximate surface area is 122 Å². The normalized spacial score (nSPS) is 12.6. The Morgan fingerprint density at radius 2 is 1.75 bits per heavy atom. The first-order chi connectivity index (χ1) is 9.01. The summed E-state index contributed by atoms with van der Waals surface area (Å²) in [5.41, 5.74) is 5.97. The van der Waals surface area contributed by atoms with Crippen molar-refractivity contribution in [2.45, 2.75) is 45.8 Å². The first-order valence-corrected chi connectivity index (χ1v) is 6.77. The highest BCUT2D eigenvalue weighted by molar-refractivity contribution is 5.49. The van der Waals surface area contributed by atoms with Gasteiger partial charge in [0, 0.05) is 11.6 Å². The second-order valence-electron chi connectivity index (χ2n) is 6.75. The Hall–Kier alpha value is -1.49. The number of hydrogen-bond acceptors (Lipinski definition) is 5. The van der Waals surface area contributed by atoms with Gasteiger partial charge in [0.2, 0.25) is 11.8 Å². The molecule has 0 aliphatic rings. The van der Waals surface area contributed by atoms with Gasteiger partial charge in [-0.05, 0) is 54.8 Å². The smallest absolute Gasteiger partial charge is 0.241 e. The molecular formula is C15H27N3O2. The van der Waals surface area contributed by atoms with Gasteiger partial charge in [0.1, 0.15) is 12.2 Å². The summed E-state index contributed by atoms with van der Waals surface area (Å²) in [6.07, 6.45) is 0. The number of aromatic nitrogens is 1. The highest BCUT2D eigenvalue weighted by Gasteiger charge is 2.22. The van der Waals surface area contributed by atoms with Crippen LogP contribution in [0.2, 0.25) is 0 Å². The molecule has 1 heterocycles. The molecule has 0 saturated heterocycles. The molecule has 0 aromatic carbocycles. The standard InChI is InChI=1S/C15H27N3O2/c1-14(2,3)20-13-11(16)8-9-12(17-13)19-10-15(4,5)18(6)7/h8-9H,10,16H2,1-7H3. The fraction of sp³-hybridized carbons (Fsp3) is 0.667. The summed E-state index contributed by atoms with van der Waals surface area (Å²) in [5, 5.41) is 0. The van der Waals surface area contributed by atoms with Crippen LogP contribution in [0.5, 0.6) is 11.8 Å². The predicted molar refractivity (Wildman–Crippen MR) is 82.3 cm³/mol. The highest BCUT2D eigenvalue weighted by atomic mass is 16.5. The molecule has 20 heavy (non-hydrogen) atoms. The van der Waals surface area contributed by atoms with Crippen LogP contribution in [-0.4, -0.2) is 41.7 Å². The van der Waals surface area contributed by atoms with Gasteiger partial charge in [-0.3, -0.25) is 0 Å². The molecule has 0 atom stereocenters. The number of rotatable bonds is 5. The topological polar surface area (TPSA) is 60.6 Å². The summed E-state index contributed by atoms with van der Waals surface area (Å²) in [6, 6.07) is 3.52. The zero-order valence-electron chi connectivity index (χ0n) is 13.7. The fourth-order valence-electron chi connectivity index (χ4n) is 1.27. The summed E-state index contributed by atoms with van der Waals surface area (Å²) in [5.74, 6) is 0.936. The van der Waals surface area contributed by atoms with Crippen molar-refractivity contribution < 1.29 is 9.47 Å². The van der Waals surface area contributed by atoms with Crippen LogP contribution in [0.15, 0.2) is 12.1 Å². The molecule has 0 bridgehead atoms. The number of pyridine rings is 1. The van der Waals surface area contributed by atoms with E-state index in [9.17, 15) is 0 Å². The zero-order chi connectivity index (χ0) is 15.6. The lowest BCUT2D eigenvalue weighted by Gasteiger charge is -2.32. The van der Waals surface area contributed by atoms with Crippen molar-refractivity contribution in [2.75, 3.05) is 26.4 Å². The molecule has 114 valence electrons. The third kappa shape index (κ3) is 4.89. The first kappa shape index (κ1) is 16.6. The Morgan fingerprint density at radius 1 is 1.15 bits per heavy atom. The molecule has 2 N–H and O–H groups in total. The lowest BCUT2D eigenvalue weighted by Crippen LogP contribution is -2.43. The molecule has 1 rings (SSSR count). The Bertz CT molecular complexity index is 451. The van der Waals surface area contributed by atoms with E-state index in [1.54, 1.807) is 12.1 Å².